The molecule has 4 heteroatoms. The Bertz CT molecular complexity index is 270. The molecule has 0 aromatic heterocycles. The van der Waals surface area contributed by atoms with Crippen molar-refractivity contribution in [3.05, 3.63) is 0 Å². The molecule has 1 saturated heterocycles. The van der Waals surface area contributed by atoms with Gasteiger partial charge in [-0.3, -0.25) is 4.79 Å². The van der Waals surface area contributed by atoms with E-state index in [1.165, 1.54) is 0 Å². The highest BCUT2D eigenvalue weighted by Crippen LogP contribution is 2.36. The van der Waals surface area contributed by atoms with E-state index < -0.39 is 0 Å². The second kappa shape index (κ2) is 5.83. The monoisotopic (exact) mass is 242 g/mol. The van der Waals surface area contributed by atoms with Gasteiger partial charge in [-0.1, -0.05) is 13.8 Å². The molecule has 0 saturated carbocycles. The first kappa shape index (κ1) is 14.5. The molecule has 3 N–H and O–H groups in total. The van der Waals surface area contributed by atoms with Crippen molar-refractivity contribution in [1.82, 2.24) is 5.32 Å². The van der Waals surface area contributed by atoms with Crippen molar-refractivity contribution in [2.75, 3.05) is 13.2 Å². The zero-order valence-corrected chi connectivity index (χ0v) is 11.3. The molecule has 17 heavy (non-hydrogen) atoms. The fourth-order valence-corrected chi connectivity index (χ4v) is 2.66. The van der Waals surface area contributed by atoms with Crippen molar-refractivity contribution in [3.8, 4) is 0 Å². The second-order valence-electron chi connectivity index (χ2n) is 5.43. The topological polar surface area (TPSA) is 64.3 Å². The number of carbonyl (C=O) groups is 1. The summed E-state index contributed by atoms with van der Waals surface area (Å²) in [6.45, 7) is 8.00. The van der Waals surface area contributed by atoms with Crippen molar-refractivity contribution < 1.29 is 9.53 Å². The summed E-state index contributed by atoms with van der Waals surface area (Å²) in [6.07, 6.45) is 4.16. The lowest BCUT2D eigenvalue weighted by molar-refractivity contribution is -0.127. The minimum Gasteiger partial charge on any atom is -0.375 e. The molecule has 0 spiro atoms. The molecule has 1 fully saturated rings. The quantitative estimate of drug-likeness (QED) is 0.743. The van der Waals surface area contributed by atoms with Crippen LogP contribution in [0.15, 0.2) is 0 Å². The van der Waals surface area contributed by atoms with Crippen LogP contribution in [0.1, 0.15) is 52.9 Å². The van der Waals surface area contributed by atoms with E-state index in [9.17, 15) is 4.79 Å². The van der Waals surface area contributed by atoms with Gasteiger partial charge in [0, 0.05) is 18.6 Å². The number of hydrogen-bond acceptors (Lipinski definition) is 3. The van der Waals surface area contributed by atoms with E-state index in [-0.39, 0.29) is 17.0 Å². The van der Waals surface area contributed by atoms with Gasteiger partial charge in [-0.15, -0.1) is 0 Å². The number of primary amides is 1. The van der Waals surface area contributed by atoms with Gasteiger partial charge in [-0.25, -0.2) is 0 Å². The number of hydrogen-bond donors (Lipinski definition) is 2. The van der Waals surface area contributed by atoms with Gasteiger partial charge < -0.3 is 15.8 Å². The molecule has 100 valence electrons. The maximum absolute atomic E-state index is 11.3. The second-order valence-corrected chi connectivity index (χ2v) is 5.43. The Balaban J connectivity index is 2.77. The van der Waals surface area contributed by atoms with Crippen molar-refractivity contribution >= 4 is 5.91 Å². The van der Waals surface area contributed by atoms with Crippen LogP contribution in [0.25, 0.3) is 0 Å². The lowest BCUT2D eigenvalue weighted by Crippen LogP contribution is -2.57. The highest BCUT2D eigenvalue weighted by molar-refractivity contribution is 5.75. The molecule has 1 aliphatic heterocycles. The molecule has 2 unspecified atom stereocenters. The Hall–Kier alpha value is -0.610. The Morgan fingerprint density at radius 1 is 1.47 bits per heavy atom. The SMILES string of the molecule is CCCNC1(CC(N)=O)CCOC(C)(CC)C1. The molecule has 0 aromatic rings. The van der Waals surface area contributed by atoms with E-state index in [4.69, 9.17) is 10.5 Å². The summed E-state index contributed by atoms with van der Waals surface area (Å²) < 4.78 is 5.84. The molecule has 1 aliphatic rings. The predicted molar refractivity (Wildman–Crippen MR) is 68.7 cm³/mol. The predicted octanol–water partition coefficient (Wildman–Crippen LogP) is 1.58. The van der Waals surface area contributed by atoms with Crippen LogP contribution in [0.3, 0.4) is 0 Å². The molecular formula is C13H26N2O2. The molecule has 1 rings (SSSR count). The average Bonchev–Trinajstić information content (AvgIpc) is 2.26. The van der Waals surface area contributed by atoms with Crippen LogP contribution in [-0.2, 0) is 9.53 Å². The summed E-state index contributed by atoms with van der Waals surface area (Å²) in [7, 11) is 0. The van der Waals surface area contributed by atoms with Crippen LogP contribution in [0.5, 0.6) is 0 Å². The van der Waals surface area contributed by atoms with Crippen LogP contribution in [0.2, 0.25) is 0 Å². The smallest absolute Gasteiger partial charge is 0.219 e. The zero-order chi connectivity index (χ0) is 12.9. The van der Waals surface area contributed by atoms with Gasteiger partial charge >= 0.3 is 0 Å². The van der Waals surface area contributed by atoms with Crippen LogP contribution in [-0.4, -0.2) is 30.2 Å². The van der Waals surface area contributed by atoms with E-state index in [0.717, 1.165) is 32.2 Å². The van der Waals surface area contributed by atoms with Crippen LogP contribution in [0.4, 0.5) is 0 Å². The number of nitrogens with two attached hydrogens (primary N) is 1. The van der Waals surface area contributed by atoms with E-state index in [2.05, 4.69) is 26.1 Å². The maximum Gasteiger partial charge on any atom is 0.219 e. The largest absolute Gasteiger partial charge is 0.375 e. The van der Waals surface area contributed by atoms with Gasteiger partial charge in [-0.05, 0) is 39.2 Å². The number of nitrogens with one attached hydrogen (secondary N) is 1. The minimum absolute atomic E-state index is 0.131. The molecule has 0 aromatic carbocycles. The molecular weight excluding hydrogens is 216 g/mol. The van der Waals surface area contributed by atoms with E-state index in [0.29, 0.717) is 13.0 Å². The third-order valence-corrected chi connectivity index (χ3v) is 3.75. The van der Waals surface area contributed by atoms with E-state index in [1.807, 2.05) is 0 Å². The normalized spacial score (nSPS) is 33.6. The summed E-state index contributed by atoms with van der Waals surface area (Å²) in [5.41, 5.74) is 5.10. The first-order valence-corrected chi connectivity index (χ1v) is 6.62. The van der Waals surface area contributed by atoms with Crippen molar-refractivity contribution in [1.29, 1.82) is 0 Å². The fourth-order valence-electron chi connectivity index (χ4n) is 2.66. The number of amides is 1. The third kappa shape index (κ3) is 3.96. The standard InChI is InChI=1S/C13H26N2O2/c1-4-7-15-13(9-11(14)16)6-8-17-12(3,5-2)10-13/h15H,4-10H2,1-3H3,(H2,14,16). The molecule has 1 amide bonds. The Morgan fingerprint density at radius 2 is 2.18 bits per heavy atom. The van der Waals surface area contributed by atoms with E-state index >= 15 is 0 Å². The van der Waals surface area contributed by atoms with Crippen LogP contribution >= 0.6 is 0 Å². The van der Waals surface area contributed by atoms with Crippen molar-refractivity contribution in [2.45, 2.75) is 64.0 Å². The summed E-state index contributed by atoms with van der Waals surface area (Å²) in [4.78, 5) is 11.3. The van der Waals surface area contributed by atoms with Gasteiger partial charge in [0.1, 0.15) is 0 Å². The molecule has 1 heterocycles. The fraction of sp³-hybridized carbons (Fsp3) is 0.923. The van der Waals surface area contributed by atoms with Crippen molar-refractivity contribution in [3.63, 3.8) is 0 Å². The molecule has 0 aliphatic carbocycles. The summed E-state index contributed by atoms with van der Waals surface area (Å²) in [6, 6.07) is 0. The van der Waals surface area contributed by atoms with Gasteiger partial charge in [0.15, 0.2) is 0 Å². The summed E-state index contributed by atoms with van der Waals surface area (Å²) in [5, 5.41) is 3.52. The lowest BCUT2D eigenvalue weighted by atomic mass is 9.77. The van der Waals surface area contributed by atoms with Gasteiger partial charge in [0.05, 0.1) is 5.60 Å². The highest BCUT2D eigenvalue weighted by atomic mass is 16.5. The number of ether oxygens (including phenoxy) is 1. The highest BCUT2D eigenvalue weighted by Gasteiger charge is 2.42. The Kier molecular flexibility index (Phi) is 4.95. The van der Waals surface area contributed by atoms with Gasteiger partial charge in [0.2, 0.25) is 5.91 Å². The third-order valence-electron chi connectivity index (χ3n) is 3.75. The number of rotatable bonds is 6. The van der Waals surface area contributed by atoms with Crippen LogP contribution in [0, 0.1) is 0 Å². The summed E-state index contributed by atoms with van der Waals surface area (Å²) >= 11 is 0. The average molecular weight is 242 g/mol. The maximum atomic E-state index is 11.3. The van der Waals surface area contributed by atoms with Crippen LogP contribution < -0.4 is 11.1 Å². The molecule has 4 nitrogen and oxygen atoms in total. The van der Waals surface area contributed by atoms with Gasteiger partial charge in [-0.2, -0.15) is 0 Å². The van der Waals surface area contributed by atoms with Crippen molar-refractivity contribution in [2.24, 2.45) is 5.73 Å². The first-order valence-electron chi connectivity index (χ1n) is 6.62. The molecule has 0 radical (unpaired) electrons. The number of carbonyl (C=O) groups excluding carboxylic acids is 1. The van der Waals surface area contributed by atoms with Gasteiger partial charge in [0.25, 0.3) is 0 Å². The van der Waals surface area contributed by atoms with E-state index in [1.54, 1.807) is 0 Å². The molecule has 0 bridgehead atoms. The minimum atomic E-state index is -0.228. The Morgan fingerprint density at radius 3 is 2.71 bits per heavy atom. The zero-order valence-electron chi connectivity index (χ0n) is 11.3. The summed E-state index contributed by atoms with van der Waals surface area (Å²) in [5.74, 6) is -0.228. The first-order chi connectivity index (χ1) is 7.95. The lowest BCUT2D eigenvalue weighted by Gasteiger charge is -2.46. The molecule has 2 atom stereocenters. The Labute approximate surface area is 104 Å².